The topological polar surface area (TPSA) is 21.8 Å². The molecule has 0 aromatic heterocycles. The van der Waals surface area contributed by atoms with Crippen LogP contribution in [0.5, 0.6) is 5.75 Å². The summed E-state index contributed by atoms with van der Waals surface area (Å²) in [4.78, 5) is 0. The van der Waals surface area contributed by atoms with Gasteiger partial charge in [0.1, 0.15) is 18.5 Å². The van der Waals surface area contributed by atoms with E-state index in [0.717, 1.165) is 12.4 Å². The Balaban J connectivity index is 1.45. The molecule has 1 saturated heterocycles. The SMILES string of the molecule is c1ccc2c(c1)CCC2c1ccccc1-c1ccc(OCC2CO2)cc1. The molecular formula is C24H22O2. The van der Waals surface area contributed by atoms with E-state index in [1.54, 1.807) is 0 Å². The molecule has 5 rings (SSSR count). The zero-order chi connectivity index (χ0) is 17.3. The van der Waals surface area contributed by atoms with Gasteiger partial charge in [-0.3, -0.25) is 0 Å². The Morgan fingerprint density at radius 2 is 1.58 bits per heavy atom. The quantitative estimate of drug-likeness (QED) is 0.594. The Bertz CT molecular complexity index is 910. The summed E-state index contributed by atoms with van der Waals surface area (Å²) in [6.45, 7) is 1.48. The van der Waals surface area contributed by atoms with Gasteiger partial charge in [-0.25, -0.2) is 0 Å². The Labute approximate surface area is 154 Å². The third-order valence-corrected chi connectivity index (χ3v) is 5.47. The van der Waals surface area contributed by atoms with Crippen LogP contribution in [-0.4, -0.2) is 19.3 Å². The number of epoxide rings is 1. The van der Waals surface area contributed by atoms with Crippen LogP contribution in [0.3, 0.4) is 0 Å². The van der Waals surface area contributed by atoms with Crippen molar-refractivity contribution in [1.29, 1.82) is 0 Å². The lowest BCUT2D eigenvalue weighted by Crippen LogP contribution is -2.03. The second kappa shape index (κ2) is 6.62. The van der Waals surface area contributed by atoms with E-state index in [1.165, 1.54) is 40.7 Å². The average molecular weight is 342 g/mol. The monoisotopic (exact) mass is 342 g/mol. The van der Waals surface area contributed by atoms with Crippen LogP contribution in [0.1, 0.15) is 29.0 Å². The summed E-state index contributed by atoms with van der Waals surface area (Å²) < 4.78 is 11.0. The van der Waals surface area contributed by atoms with Gasteiger partial charge in [0.05, 0.1) is 6.61 Å². The molecule has 130 valence electrons. The smallest absolute Gasteiger partial charge is 0.119 e. The highest BCUT2D eigenvalue weighted by molar-refractivity contribution is 5.70. The molecule has 26 heavy (non-hydrogen) atoms. The van der Waals surface area contributed by atoms with Crippen LogP contribution in [0.15, 0.2) is 72.8 Å². The molecule has 1 fully saturated rings. The Kier molecular flexibility index (Phi) is 3.99. The Hall–Kier alpha value is -2.58. The maximum Gasteiger partial charge on any atom is 0.119 e. The van der Waals surface area contributed by atoms with Crippen LogP contribution < -0.4 is 4.74 Å². The Morgan fingerprint density at radius 3 is 2.38 bits per heavy atom. The van der Waals surface area contributed by atoms with Crippen molar-refractivity contribution in [2.75, 3.05) is 13.2 Å². The van der Waals surface area contributed by atoms with Gasteiger partial charge in [0, 0.05) is 5.92 Å². The van der Waals surface area contributed by atoms with Gasteiger partial charge in [0.15, 0.2) is 0 Å². The molecule has 1 aliphatic heterocycles. The number of fused-ring (bicyclic) bond motifs is 1. The first-order valence-corrected chi connectivity index (χ1v) is 9.40. The molecule has 2 nitrogen and oxygen atoms in total. The lowest BCUT2D eigenvalue weighted by Gasteiger charge is -2.17. The van der Waals surface area contributed by atoms with Crippen LogP contribution in [0.4, 0.5) is 0 Å². The van der Waals surface area contributed by atoms with Crippen molar-refractivity contribution in [2.24, 2.45) is 0 Å². The largest absolute Gasteiger partial charge is 0.491 e. The highest BCUT2D eigenvalue weighted by Crippen LogP contribution is 2.42. The molecule has 2 heteroatoms. The molecule has 0 N–H and O–H groups in total. The first-order chi connectivity index (χ1) is 12.9. The third kappa shape index (κ3) is 3.02. The van der Waals surface area contributed by atoms with E-state index in [2.05, 4.69) is 72.8 Å². The van der Waals surface area contributed by atoms with E-state index >= 15 is 0 Å². The van der Waals surface area contributed by atoms with Crippen molar-refractivity contribution < 1.29 is 9.47 Å². The lowest BCUT2D eigenvalue weighted by molar-refractivity contribution is 0.263. The molecule has 1 aliphatic carbocycles. The molecule has 0 saturated carbocycles. The highest BCUT2D eigenvalue weighted by atomic mass is 16.6. The molecular weight excluding hydrogens is 320 g/mol. The zero-order valence-corrected chi connectivity index (χ0v) is 14.7. The molecule has 0 radical (unpaired) electrons. The molecule has 2 atom stereocenters. The van der Waals surface area contributed by atoms with Gasteiger partial charge in [-0.15, -0.1) is 0 Å². The van der Waals surface area contributed by atoms with E-state index in [1.807, 2.05) is 0 Å². The second-order valence-corrected chi connectivity index (χ2v) is 7.17. The second-order valence-electron chi connectivity index (χ2n) is 7.17. The predicted octanol–water partition coefficient (Wildman–Crippen LogP) is 5.21. The standard InChI is InChI=1S/C24H22O2/c1-2-6-21-17(5-1)11-14-24(21)23-8-4-3-7-22(23)18-9-12-19(13-10-18)25-15-20-16-26-20/h1-10,12-13,20,24H,11,14-16H2. The number of hydrogen-bond acceptors (Lipinski definition) is 2. The van der Waals surface area contributed by atoms with Crippen molar-refractivity contribution in [2.45, 2.75) is 24.9 Å². The van der Waals surface area contributed by atoms with Crippen molar-refractivity contribution in [3.63, 3.8) is 0 Å². The van der Waals surface area contributed by atoms with E-state index in [9.17, 15) is 0 Å². The molecule has 3 aromatic carbocycles. The summed E-state index contributed by atoms with van der Waals surface area (Å²) in [5.74, 6) is 1.40. The van der Waals surface area contributed by atoms with E-state index in [4.69, 9.17) is 9.47 Å². The van der Waals surface area contributed by atoms with Crippen LogP contribution in [-0.2, 0) is 11.2 Å². The summed E-state index contributed by atoms with van der Waals surface area (Å²) >= 11 is 0. The molecule has 2 aliphatic rings. The van der Waals surface area contributed by atoms with E-state index in [-0.39, 0.29) is 6.10 Å². The van der Waals surface area contributed by atoms with Gasteiger partial charge in [-0.1, -0.05) is 60.7 Å². The van der Waals surface area contributed by atoms with Crippen molar-refractivity contribution in [3.8, 4) is 16.9 Å². The first-order valence-electron chi connectivity index (χ1n) is 9.40. The molecule has 1 heterocycles. The minimum Gasteiger partial charge on any atom is -0.491 e. The van der Waals surface area contributed by atoms with Gasteiger partial charge in [-0.2, -0.15) is 0 Å². The van der Waals surface area contributed by atoms with Crippen LogP contribution in [0.2, 0.25) is 0 Å². The van der Waals surface area contributed by atoms with Crippen molar-refractivity contribution in [3.05, 3.63) is 89.5 Å². The van der Waals surface area contributed by atoms with Gasteiger partial charge < -0.3 is 9.47 Å². The highest BCUT2D eigenvalue weighted by Gasteiger charge is 2.25. The fraction of sp³-hybridized carbons (Fsp3) is 0.250. The predicted molar refractivity (Wildman–Crippen MR) is 104 cm³/mol. The summed E-state index contributed by atoms with van der Waals surface area (Å²) in [5, 5.41) is 0. The summed E-state index contributed by atoms with van der Waals surface area (Å²) in [6.07, 6.45) is 2.65. The summed E-state index contributed by atoms with van der Waals surface area (Å²) in [5.41, 5.74) is 6.99. The number of hydrogen-bond donors (Lipinski definition) is 0. The van der Waals surface area contributed by atoms with E-state index < -0.39 is 0 Å². The lowest BCUT2D eigenvalue weighted by atomic mass is 9.87. The fourth-order valence-electron chi connectivity index (χ4n) is 4.03. The minimum atomic E-state index is 0.290. The van der Waals surface area contributed by atoms with Gasteiger partial charge in [0.25, 0.3) is 0 Å². The summed E-state index contributed by atoms with van der Waals surface area (Å²) in [6, 6.07) is 26.2. The fourth-order valence-corrected chi connectivity index (χ4v) is 4.03. The van der Waals surface area contributed by atoms with Gasteiger partial charge >= 0.3 is 0 Å². The first kappa shape index (κ1) is 15.7. The number of aryl methyl sites for hydroxylation is 1. The van der Waals surface area contributed by atoms with Gasteiger partial charge in [0.2, 0.25) is 0 Å². The summed E-state index contributed by atoms with van der Waals surface area (Å²) in [7, 11) is 0. The number of benzene rings is 3. The van der Waals surface area contributed by atoms with Crippen LogP contribution in [0, 0.1) is 0 Å². The van der Waals surface area contributed by atoms with Crippen molar-refractivity contribution >= 4 is 0 Å². The molecule has 0 bridgehead atoms. The molecule has 2 unspecified atom stereocenters. The normalized spacial score (nSPS) is 20.6. The number of ether oxygens (including phenoxy) is 2. The third-order valence-electron chi connectivity index (χ3n) is 5.47. The van der Waals surface area contributed by atoms with Crippen LogP contribution in [0.25, 0.3) is 11.1 Å². The van der Waals surface area contributed by atoms with Crippen LogP contribution >= 0.6 is 0 Å². The zero-order valence-electron chi connectivity index (χ0n) is 14.7. The van der Waals surface area contributed by atoms with Crippen molar-refractivity contribution in [1.82, 2.24) is 0 Å². The molecule has 3 aromatic rings. The van der Waals surface area contributed by atoms with Gasteiger partial charge in [-0.05, 0) is 52.8 Å². The molecule has 0 amide bonds. The average Bonchev–Trinajstić information content (AvgIpc) is 3.44. The maximum absolute atomic E-state index is 5.77. The maximum atomic E-state index is 5.77. The van der Waals surface area contributed by atoms with E-state index in [0.29, 0.717) is 12.5 Å². The minimum absolute atomic E-state index is 0.290. The molecule has 0 spiro atoms. The Morgan fingerprint density at radius 1 is 0.846 bits per heavy atom. The number of rotatable bonds is 5.